The molecule has 2 heterocycles. The molecular formula is C44H28N2O. The SMILES string of the molecule is c1ccc(-c2cc(-c3ccccc3)nc(-c3cccc4oc5ccc(-c6ccc(-c7cccc8ccccc78)cc6)cc5c34)n2)cc1. The first-order valence-corrected chi connectivity index (χ1v) is 15.8. The first-order valence-electron chi connectivity index (χ1n) is 15.8. The molecule has 9 aromatic rings. The first-order chi connectivity index (χ1) is 23.3. The molecule has 220 valence electrons. The molecule has 7 aromatic carbocycles. The molecule has 2 aromatic heterocycles. The average molecular weight is 601 g/mol. The molecule has 0 atom stereocenters. The van der Waals surface area contributed by atoms with Crippen molar-refractivity contribution in [3.05, 3.63) is 170 Å². The van der Waals surface area contributed by atoms with Gasteiger partial charge in [0, 0.05) is 27.5 Å². The summed E-state index contributed by atoms with van der Waals surface area (Å²) >= 11 is 0. The van der Waals surface area contributed by atoms with E-state index < -0.39 is 0 Å². The molecule has 47 heavy (non-hydrogen) atoms. The van der Waals surface area contributed by atoms with Crippen molar-refractivity contribution in [2.45, 2.75) is 0 Å². The molecule has 3 nitrogen and oxygen atoms in total. The van der Waals surface area contributed by atoms with Gasteiger partial charge in [-0.15, -0.1) is 0 Å². The maximum Gasteiger partial charge on any atom is 0.161 e. The highest BCUT2D eigenvalue weighted by atomic mass is 16.3. The predicted molar refractivity (Wildman–Crippen MR) is 194 cm³/mol. The zero-order valence-electron chi connectivity index (χ0n) is 25.5. The molecule has 0 saturated carbocycles. The number of hydrogen-bond acceptors (Lipinski definition) is 3. The van der Waals surface area contributed by atoms with Crippen LogP contribution < -0.4 is 0 Å². The molecule has 0 aliphatic rings. The highest BCUT2D eigenvalue weighted by Gasteiger charge is 2.17. The zero-order chi connectivity index (χ0) is 31.2. The molecule has 0 spiro atoms. The third-order valence-corrected chi connectivity index (χ3v) is 8.92. The van der Waals surface area contributed by atoms with Gasteiger partial charge in [0.25, 0.3) is 0 Å². The Morgan fingerprint density at radius 3 is 1.70 bits per heavy atom. The number of rotatable bonds is 5. The van der Waals surface area contributed by atoms with Gasteiger partial charge in [-0.3, -0.25) is 0 Å². The summed E-state index contributed by atoms with van der Waals surface area (Å²) in [6.45, 7) is 0. The van der Waals surface area contributed by atoms with Crippen LogP contribution in [0, 0.1) is 0 Å². The van der Waals surface area contributed by atoms with Crippen LogP contribution in [0.1, 0.15) is 0 Å². The summed E-state index contributed by atoms with van der Waals surface area (Å²) in [5.74, 6) is 0.670. The fourth-order valence-electron chi connectivity index (χ4n) is 6.59. The highest BCUT2D eigenvalue weighted by Crippen LogP contribution is 2.39. The van der Waals surface area contributed by atoms with Crippen molar-refractivity contribution >= 4 is 32.7 Å². The van der Waals surface area contributed by atoms with Gasteiger partial charge in [0.2, 0.25) is 0 Å². The lowest BCUT2D eigenvalue weighted by Gasteiger charge is -2.10. The number of aromatic nitrogens is 2. The van der Waals surface area contributed by atoms with Crippen molar-refractivity contribution in [3.8, 4) is 56.2 Å². The van der Waals surface area contributed by atoms with E-state index in [0.717, 1.165) is 61.1 Å². The van der Waals surface area contributed by atoms with Gasteiger partial charge in [-0.1, -0.05) is 146 Å². The van der Waals surface area contributed by atoms with Crippen molar-refractivity contribution in [1.29, 1.82) is 0 Å². The van der Waals surface area contributed by atoms with E-state index >= 15 is 0 Å². The average Bonchev–Trinajstić information content (AvgIpc) is 3.53. The van der Waals surface area contributed by atoms with Crippen molar-refractivity contribution in [3.63, 3.8) is 0 Å². The molecule has 0 fully saturated rings. The largest absolute Gasteiger partial charge is 0.456 e. The van der Waals surface area contributed by atoms with E-state index in [0.29, 0.717) is 5.82 Å². The second-order valence-corrected chi connectivity index (χ2v) is 11.8. The molecule has 9 rings (SSSR count). The van der Waals surface area contributed by atoms with Gasteiger partial charge in [0.05, 0.1) is 11.4 Å². The minimum absolute atomic E-state index is 0.670. The van der Waals surface area contributed by atoms with Crippen LogP contribution in [0.25, 0.3) is 88.9 Å². The third-order valence-electron chi connectivity index (χ3n) is 8.92. The van der Waals surface area contributed by atoms with E-state index in [1.54, 1.807) is 0 Å². The second kappa shape index (κ2) is 11.2. The maximum atomic E-state index is 6.40. The smallest absolute Gasteiger partial charge is 0.161 e. The van der Waals surface area contributed by atoms with Gasteiger partial charge in [-0.05, 0) is 57.3 Å². The Labute approximate surface area is 272 Å². The van der Waals surface area contributed by atoms with Gasteiger partial charge in [0.15, 0.2) is 5.82 Å². The van der Waals surface area contributed by atoms with Crippen molar-refractivity contribution in [2.24, 2.45) is 0 Å². The van der Waals surface area contributed by atoms with Gasteiger partial charge < -0.3 is 4.42 Å². The summed E-state index contributed by atoms with van der Waals surface area (Å²) in [6.07, 6.45) is 0. The standard InChI is InChI=1S/C44H28N2O/c1-3-12-32(13-4-1)39-28-40(33-14-5-2-6-15-33)46-44(45-39)37-19-10-20-42-43(37)38-27-34(25-26-41(38)47-42)29-21-23-31(24-22-29)36-18-9-16-30-11-7-8-17-35(30)36/h1-28H. The second-order valence-electron chi connectivity index (χ2n) is 11.8. The van der Waals surface area contributed by atoms with E-state index in [2.05, 4.69) is 121 Å². The van der Waals surface area contributed by atoms with Crippen LogP contribution in [-0.2, 0) is 0 Å². The lowest BCUT2D eigenvalue weighted by Crippen LogP contribution is -1.96. The van der Waals surface area contributed by atoms with Crippen LogP contribution >= 0.6 is 0 Å². The first kappa shape index (κ1) is 27.0. The van der Waals surface area contributed by atoms with E-state index in [1.807, 2.05) is 48.5 Å². The topological polar surface area (TPSA) is 38.9 Å². The lowest BCUT2D eigenvalue weighted by atomic mass is 9.95. The van der Waals surface area contributed by atoms with Crippen LogP contribution in [-0.4, -0.2) is 9.97 Å². The lowest BCUT2D eigenvalue weighted by molar-refractivity contribution is 0.669. The summed E-state index contributed by atoms with van der Waals surface area (Å²) in [5, 5.41) is 4.56. The molecule has 0 aliphatic heterocycles. The molecule has 0 saturated heterocycles. The number of fused-ring (bicyclic) bond motifs is 4. The maximum absolute atomic E-state index is 6.40. The summed E-state index contributed by atoms with van der Waals surface area (Å²) < 4.78 is 6.40. The molecule has 0 N–H and O–H groups in total. The Kier molecular flexibility index (Phi) is 6.46. The van der Waals surface area contributed by atoms with E-state index in [4.69, 9.17) is 14.4 Å². The molecule has 0 amide bonds. The number of benzene rings is 7. The Morgan fingerprint density at radius 1 is 0.362 bits per heavy atom. The Morgan fingerprint density at radius 2 is 0.957 bits per heavy atom. The minimum atomic E-state index is 0.670. The Bertz CT molecular complexity index is 2490. The fraction of sp³-hybridized carbons (Fsp3) is 0. The fourth-order valence-corrected chi connectivity index (χ4v) is 6.59. The number of hydrogen-bond donors (Lipinski definition) is 0. The summed E-state index contributed by atoms with van der Waals surface area (Å²) in [5.41, 5.74) is 11.2. The normalized spacial score (nSPS) is 11.4. The van der Waals surface area contributed by atoms with Crippen LogP contribution in [0.3, 0.4) is 0 Å². The molecular weight excluding hydrogens is 572 g/mol. The molecule has 0 unspecified atom stereocenters. The summed E-state index contributed by atoms with van der Waals surface area (Å²) in [6, 6.07) is 59.1. The predicted octanol–water partition coefficient (Wildman–Crippen LogP) is 11.9. The van der Waals surface area contributed by atoms with E-state index in [9.17, 15) is 0 Å². The minimum Gasteiger partial charge on any atom is -0.456 e. The Hall–Kier alpha value is -6.32. The molecule has 3 heteroatoms. The number of nitrogens with zero attached hydrogens (tertiary/aromatic N) is 2. The van der Waals surface area contributed by atoms with Gasteiger partial charge in [-0.2, -0.15) is 0 Å². The quantitative estimate of drug-likeness (QED) is 0.197. The van der Waals surface area contributed by atoms with Crippen molar-refractivity contribution in [2.75, 3.05) is 0 Å². The molecule has 0 bridgehead atoms. The highest BCUT2D eigenvalue weighted by molar-refractivity contribution is 6.13. The third kappa shape index (κ3) is 4.86. The Balaban J connectivity index is 1.18. The van der Waals surface area contributed by atoms with Crippen molar-refractivity contribution in [1.82, 2.24) is 9.97 Å². The molecule has 0 radical (unpaired) electrons. The van der Waals surface area contributed by atoms with Gasteiger partial charge in [-0.25, -0.2) is 9.97 Å². The molecule has 0 aliphatic carbocycles. The van der Waals surface area contributed by atoms with Crippen LogP contribution in [0.4, 0.5) is 0 Å². The van der Waals surface area contributed by atoms with Crippen LogP contribution in [0.2, 0.25) is 0 Å². The van der Waals surface area contributed by atoms with Crippen molar-refractivity contribution < 1.29 is 4.42 Å². The number of furan rings is 1. The summed E-state index contributed by atoms with van der Waals surface area (Å²) in [4.78, 5) is 10.2. The summed E-state index contributed by atoms with van der Waals surface area (Å²) in [7, 11) is 0. The van der Waals surface area contributed by atoms with Gasteiger partial charge >= 0.3 is 0 Å². The van der Waals surface area contributed by atoms with Gasteiger partial charge in [0.1, 0.15) is 11.2 Å². The van der Waals surface area contributed by atoms with Crippen LogP contribution in [0.5, 0.6) is 0 Å². The monoisotopic (exact) mass is 600 g/mol. The van der Waals surface area contributed by atoms with E-state index in [-0.39, 0.29) is 0 Å². The zero-order valence-corrected chi connectivity index (χ0v) is 25.5. The van der Waals surface area contributed by atoms with Crippen LogP contribution in [0.15, 0.2) is 174 Å². The van der Waals surface area contributed by atoms with E-state index in [1.165, 1.54) is 21.9 Å².